The second kappa shape index (κ2) is 6.61. The number of likely N-dealkylation sites (tertiary alicyclic amines) is 1. The maximum Gasteiger partial charge on any atom is 0.163 e. The monoisotopic (exact) mass is 287 g/mol. The number of hydrogen-bond donors (Lipinski definition) is 0. The van der Waals surface area contributed by atoms with Crippen molar-refractivity contribution < 1.29 is 9.53 Å². The molecular formula is C18H25NO2. The van der Waals surface area contributed by atoms with E-state index in [2.05, 4.69) is 11.8 Å². The summed E-state index contributed by atoms with van der Waals surface area (Å²) in [5.41, 5.74) is 3.32. The third-order valence-electron chi connectivity index (χ3n) is 4.81. The summed E-state index contributed by atoms with van der Waals surface area (Å²) in [6.07, 6.45) is 12.5. The molecule has 1 atom stereocenters. The number of Topliss-reactive ketones (excluding diaryl/α,β-unsaturated/α-hetero) is 1. The van der Waals surface area contributed by atoms with E-state index in [1.807, 2.05) is 6.08 Å². The Hall–Kier alpha value is -1.35. The van der Waals surface area contributed by atoms with Gasteiger partial charge in [-0.15, -0.1) is 0 Å². The van der Waals surface area contributed by atoms with E-state index < -0.39 is 0 Å². The van der Waals surface area contributed by atoms with Crippen LogP contribution in [-0.4, -0.2) is 30.3 Å². The Morgan fingerprint density at radius 3 is 2.76 bits per heavy atom. The van der Waals surface area contributed by atoms with E-state index >= 15 is 0 Å². The zero-order chi connectivity index (χ0) is 14.7. The number of rotatable bonds is 4. The van der Waals surface area contributed by atoms with Gasteiger partial charge in [-0.2, -0.15) is 0 Å². The van der Waals surface area contributed by atoms with Crippen molar-refractivity contribution in [1.29, 1.82) is 0 Å². The van der Waals surface area contributed by atoms with Crippen molar-refractivity contribution in [2.45, 2.75) is 45.4 Å². The normalized spacial score (nSPS) is 24.1. The quantitative estimate of drug-likeness (QED) is 0.791. The second-order valence-electron chi connectivity index (χ2n) is 6.45. The molecule has 1 saturated heterocycles. The van der Waals surface area contributed by atoms with E-state index in [1.165, 1.54) is 31.3 Å². The van der Waals surface area contributed by atoms with Gasteiger partial charge in [0.2, 0.25) is 0 Å². The molecule has 0 N–H and O–H groups in total. The first-order valence-electron chi connectivity index (χ1n) is 8.27. The molecule has 1 aliphatic carbocycles. The highest BCUT2D eigenvalue weighted by Crippen LogP contribution is 2.36. The lowest BCUT2D eigenvalue weighted by Crippen LogP contribution is -2.33. The summed E-state index contributed by atoms with van der Waals surface area (Å²) in [5, 5.41) is 0. The van der Waals surface area contributed by atoms with Crippen LogP contribution < -0.4 is 0 Å². The molecule has 0 bridgehead atoms. The number of ketones is 1. The number of hydrogen-bond acceptors (Lipinski definition) is 3. The summed E-state index contributed by atoms with van der Waals surface area (Å²) in [6, 6.07) is 0. The lowest BCUT2D eigenvalue weighted by Gasteiger charge is -2.23. The zero-order valence-corrected chi connectivity index (χ0v) is 12.9. The number of ether oxygens (including phenoxy) is 1. The molecule has 114 valence electrons. The van der Waals surface area contributed by atoms with Crippen LogP contribution in [0.15, 0.2) is 35.3 Å². The number of carbonyl (C=O) groups is 1. The van der Waals surface area contributed by atoms with Crippen LogP contribution in [0.4, 0.5) is 0 Å². The van der Waals surface area contributed by atoms with Crippen LogP contribution in [0.1, 0.15) is 45.4 Å². The maximum atomic E-state index is 12.8. The number of nitrogens with zero attached hydrogens (tertiary/aromatic N) is 1. The zero-order valence-electron chi connectivity index (χ0n) is 12.9. The van der Waals surface area contributed by atoms with Crippen LogP contribution in [-0.2, 0) is 9.53 Å². The van der Waals surface area contributed by atoms with Crippen molar-refractivity contribution in [2.75, 3.05) is 19.6 Å². The molecule has 0 aromatic carbocycles. The van der Waals surface area contributed by atoms with Crippen LogP contribution in [0.2, 0.25) is 0 Å². The molecule has 2 heterocycles. The molecular weight excluding hydrogens is 262 g/mol. The fourth-order valence-electron chi connectivity index (χ4n) is 3.62. The molecule has 2 aliphatic heterocycles. The Kier molecular flexibility index (Phi) is 4.59. The van der Waals surface area contributed by atoms with Gasteiger partial charge in [-0.1, -0.05) is 19.8 Å². The Morgan fingerprint density at radius 2 is 2.00 bits per heavy atom. The molecule has 0 spiro atoms. The minimum atomic E-state index is 0.0983. The molecule has 3 rings (SSSR count). The molecule has 3 nitrogen and oxygen atoms in total. The summed E-state index contributed by atoms with van der Waals surface area (Å²) in [4.78, 5) is 15.3. The highest BCUT2D eigenvalue weighted by molar-refractivity contribution is 6.00. The molecule has 21 heavy (non-hydrogen) atoms. The summed E-state index contributed by atoms with van der Waals surface area (Å²) in [7, 11) is 0. The summed E-state index contributed by atoms with van der Waals surface area (Å²) >= 11 is 0. The average molecular weight is 287 g/mol. The molecule has 1 fully saturated rings. The summed E-state index contributed by atoms with van der Waals surface area (Å²) < 4.78 is 5.21. The molecule has 0 radical (unpaired) electrons. The first-order chi connectivity index (χ1) is 10.3. The molecule has 0 saturated carbocycles. The predicted molar refractivity (Wildman–Crippen MR) is 83.6 cm³/mol. The Labute approximate surface area is 127 Å². The smallest absolute Gasteiger partial charge is 0.163 e. The minimum Gasteiger partial charge on any atom is -0.472 e. The van der Waals surface area contributed by atoms with Crippen LogP contribution in [0, 0.1) is 5.92 Å². The minimum absolute atomic E-state index is 0.0983. The fourth-order valence-corrected chi connectivity index (χ4v) is 3.62. The van der Waals surface area contributed by atoms with Gasteiger partial charge in [-0.3, -0.25) is 4.79 Å². The lowest BCUT2D eigenvalue weighted by atomic mass is 9.95. The molecule has 1 unspecified atom stereocenters. The largest absolute Gasteiger partial charge is 0.472 e. The van der Waals surface area contributed by atoms with Gasteiger partial charge < -0.3 is 9.64 Å². The van der Waals surface area contributed by atoms with Gasteiger partial charge in [0.15, 0.2) is 5.78 Å². The standard InChI is InChI=1S/C18H25NO2/c1-14(12-19-9-4-2-3-5-10-19)18(20)17-7-6-15-13-21-11-8-16(15)17/h8,11,13-14H,2-7,9-10,12H2,1H3. The number of allylic oxidation sites excluding steroid dienone is 4. The van der Waals surface area contributed by atoms with Crippen molar-refractivity contribution >= 4 is 5.78 Å². The van der Waals surface area contributed by atoms with E-state index in [9.17, 15) is 4.79 Å². The number of fused-ring (bicyclic) bond motifs is 1. The van der Waals surface area contributed by atoms with Gasteiger partial charge >= 0.3 is 0 Å². The van der Waals surface area contributed by atoms with Crippen LogP contribution in [0.25, 0.3) is 0 Å². The summed E-state index contributed by atoms with van der Waals surface area (Å²) in [6.45, 7) is 5.31. The lowest BCUT2D eigenvalue weighted by molar-refractivity contribution is -0.119. The van der Waals surface area contributed by atoms with E-state index in [0.717, 1.165) is 43.6 Å². The first-order valence-corrected chi connectivity index (χ1v) is 8.27. The predicted octanol–water partition coefficient (Wildman–Crippen LogP) is 3.59. The second-order valence-corrected chi connectivity index (χ2v) is 6.45. The number of carbonyl (C=O) groups excluding carboxylic acids is 1. The van der Waals surface area contributed by atoms with Gasteiger partial charge in [0.25, 0.3) is 0 Å². The highest BCUT2D eigenvalue weighted by atomic mass is 16.5. The fraction of sp³-hybridized carbons (Fsp3) is 0.611. The van der Waals surface area contributed by atoms with Crippen molar-refractivity contribution in [3.05, 3.63) is 35.3 Å². The van der Waals surface area contributed by atoms with Gasteiger partial charge in [0, 0.05) is 18.0 Å². The van der Waals surface area contributed by atoms with E-state index in [0.29, 0.717) is 5.78 Å². The third-order valence-corrected chi connectivity index (χ3v) is 4.81. The molecule has 3 heteroatoms. The van der Waals surface area contributed by atoms with Gasteiger partial charge in [0.05, 0.1) is 12.5 Å². The first kappa shape index (κ1) is 14.6. The van der Waals surface area contributed by atoms with Gasteiger partial charge in [0.1, 0.15) is 0 Å². The molecule has 0 aromatic rings. The van der Waals surface area contributed by atoms with Crippen LogP contribution in [0.3, 0.4) is 0 Å². The Morgan fingerprint density at radius 1 is 1.24 bits per heavy atom. The van der Waals surface area contributed by atoms with Gasteiger partial charge in [-0.05, 0) is 56.0 Å². The Balaban J connectivity index is 1.66. The van der Waals surface area contributed by atoms with E-state index in [1.54, 1.807) is 12.5 Å². The van der Waals surface area contributed by atoms with Crippen LogP contribution in [0.5, 0.6) is 0 Å². The molecule has 0 aromatic heterocycles. The molecule has 0 amide bonds. The van der Waals surface area contributed by atoms with Crippen LogP contribution >= 0.6 is 0 Å². The van der Waals surface area contributed by atoms with Crippen molar-refractivity contribution in [3.8, 4) is 0 Å². The SMILES string of the molecule is CC(CN1CCCCCC1)C(=O)C1=C2C=COC=C2CC1. The van der Waals surface area contributed by atoms with Gasteiger partial charge in [-0.25, -0.2) is 0 Å². The van der Waals surface area contributed by atoms with E-state index in [-0.39, 0.29) is 5.92 Å². The van der Waals surface area contributed by atoms with Crippen molar-refractivity contribution in [2.24, 2.45) is 5.92 Å². The van der Waals surface area contributed by atoms with E-state index in [4.69, 9.17) is 4.74 Å². The topological polar surface area (TPSA) is 29.5 Å². The molecule has 3 aliphatic rings. The van der Waals surface area contributed by atoms with Crippen molar-refractivity contribution in [1.82, 2.24) is 4.90 Å². The summed E-state index contributed by atoms with van der Waals surface area (Å²) in [5.74, 6) is 0.436. The van der Waals surface area contributed by atoms with Crippen molar-refractivity contribution in [3.63, 3.8) is 0 Å². The Bertz CT molecular complexity index is 493. The third kappa shape index (κ3) is 3.29. The highest BCUT2D eigenvalue weighted by Gasteiger charge is 2.28. The maximum absolute atomic E-state index is 12.8. The average Bonchev–Trinajstić information content (AvgIpc) is 2.76.